The molecule has 0 atom stereocenters. The van der Waals surface area contributed by atoms with Crippen LogP contribution < -0.4 is 10.2 Å². The highest BCUT2D eigenvalue weighted by Gasteiger charge is 2.26. The summed E-state index contributed by atoms with van der Waals surface area (Å²) >= 11 is 22.1. The topological polar surface area (TPSA) is 80.3 Å². The van der Waals surface area contributed by atoms with Crippen molar-refractivity contribution in [2.75, 3.05) is 0 Å². The minimum absolute atomic E-state index is 0.0443. The summed E-state index contributed by atoms with van der Waals surface area (Å²) in [7, 11) is 0. The highest BCUT2D eigenvalue weighted by molar-refractivity contribution is 6.46. The maximum Gasteiger partial charge on any atom is 0.125 e. The maximum absolute atomic E-state index is 11.4. The van der Waals surface area contributed by atoms with Crippen LogP contribution in [0.4, 0.5) is 0 Å². The van der Waals surface area contributed by atoms with E-state index in [1.54, 1.807) is 0 Å². The van der Waals surface area contributed by atoms with Crippen molar-refractivity contribution in [1.29, 1.82) is 0 Å². The highest BCUT2D eigenvalue weighted by atomic mass is 35.5. The number of aliphatic carboxylic acids is 2. The number of halogens is 4. The average Bonchev–Trinajstić information content (AvgIpc) is 2.31. The standard InChI is InChI=1S/C12H14Cl4O4/c13-8(14)3-6-12(11(19)20,7-4-9(15)16)5-1-2-10(17)18/h3-4,6-9H,1-2,5H2,(H,17,18)(H,19,20)/p-2/b6-3+,7-4+. The summed E-state index contributed by atoms with van der Waals surface area (Å²) in [5.41, 5.74) is -1.58. The molecule has 0 heterocycles. The van der Waals surface area contributed by atoms with Crippen molar-refractivity contribution in [3.8, 4) is 0 Å². The number of carboxylic acids is 2. The van der Waals surface area contributed by atoms with E-state index in [2.05, 4.69) is 0 Å². The van der Waals surface area contributed by atoms with Crippen LogP contribution in [-0.2, 0) is 9.59 Å². The number of carboxylic acid groups (broad SMARTS) is 2. The molecule has 0 aliphatic carbocycles. The van der Waals surface area contributed by atoms with Gasteiger partial charge in [-0.05, 0) is 19.3 Å². The van der Waals surface area contributed by atoms with Crippen LogP contribution in [0.2, 0.25) is 0 Å². The Morgan fingerprint density at radius 1 is 1.00 bits per heavy atom. The van der Waals surface area contributed by atoms with E-state index in [1.165, 1.54) is 24.3 Å². The summed E-state index contributed by atoms with van der Waals surface area (Å²) < 4.78 is 0. The van der Waals surface area contributed by atoms with Gasteiger partial charge in [0.1, 0.15) is 9.67 Å². The first-order valence-corrected chi connectivity index (χ1v) is 7.30. The van der Waals surface area contributed by atoms with Gasteiger partial charge in [-0.2, -0.15) is 0 Å². The fourth-order valence-electron chi connectivity index (χ4n) is 1.47. The van der Waals surface area contributed by atoms with E-state index in [9.17, 15) is 19.8 Å². The summed E-state index contributed by atoms with van der Waals surface area (Å²) in [6, 6.07) is 0. The van der Waals surface area contributed by atoms with E-state index in [0.717, 1.165) is 0 Å². The predicted octanol–water partition coefficient (Wildman–Crippen LogP) is 1.36. The van der Waals surface area contributed by atoms with Gasteiger partial charge in [-0.25, -0.2) is 0 Å². The summed E-state index contributed by atoms with van der Waals surface area (Å²) in [6.07, 6.45) is 4.70. The maximum atomic E-state index is 11.4. The first-order valence-electron chi connectivity index (χ1n) is 5.56. The molecule has 114 valence electrons. The minimum atomic E-state index is -1.58. The molecule has 0 saturated heterocycles. The average molecular weight is 362 g/mol. The Hall–Kier alpha value is -0.420. The molecule has 0 unspecified atom stereocenters. The van der Waals surface area contributed by atoms with Gasteiger partial charge in [-0.15, -0.1) is 46.4 Å². The second kappa shape index (κ2) is 9.50. The molecule has 8 heteroatoms. The van der Waals surface area contributed by atoms with Crippen LogP contribution in [0.25, 0.3) is 0 Å². The molecule has 20 heavy (non-hydrogen) atoms. The molecule has 0 fully saturated rings. The SMILES string of the molecule is O=C([O-])CCCC(/C=C/C(Cl)Cl)(/C=C/C(Cl)Cl)C(=O)[O-]. The molecule has 4 nitrogen and oxygen atoms in total. The number of carbonyl (C=O) groups is 2. The van der Waals surface area contributed by atoms with Gasteiger partial charge in [0.15, 0.2) is 0 Å². The zero-order valence-electron chi connectivity index (χ0n) is 10.2. The Bertz CT molecular complexity index is 373. The number of carbonyl (C=O) groups excluding carboxylic acids is 2. The summed E-state index contributed by atoms with van der Waals surface area (Å²) in [4.78, 5) is 19.9. The molecule has 0 spiro atoms. The zero-order chi connectivity index (χ0) is 15.8. The van der Waals surface area contributed by atoms with E-state index in [0.29, 0.717) is 0 Å². The Balaban J connectivity index is 5.22. The molecule has 0 aliphatic heterocycles. The third kappa shape index (κ3) is 8.00. The van der Waals surface area contributed by atoms with E-state index >= 15 is 0 Å². The lowest BCUT2D eigenvalue weighted by Crippen LogP contribution is -2.40. The van der Waals surface area contributed by atoms with Crippen LogP contribution in [0.15, 0.2) is 24.3 Å². The van der Waals surface area contributed by atoms with Crippen molar-refractivity contribution in [2.45, 2.75) is 28.9 Å². The molecule has 0 aromatic heterocycles. The molecule has 0 aliphatic rings. The Morgan fingerprint density at radius 3 is 1.75 bits per heavy atom. The Kier molecular flexibility index (Phi) is 9.30. The van der Waals surface area contributed by atoms with Gasteiger partial charge in [-0.1, -0.05) is 24.3 Å². The second-order valence-corrected chi connectivity index (χ2v) is 6.27. The lowest BCUT2D eigenvalue weighted by atomic mass is 9.82. The number of hydrogen-bond donors (Lipinski definition) is 0. The fraction of sp³-hybridized carbons (Fsp3) is 0.500. The van der Waals surface area contributed by atoms with E-state index in [1.807, 2.05) is 0 Å². The molecule has 0 N–H and O–H groups in total. The van der Waals surface area contributed by atoms with Crippen molar-refractivity contribution in [3.05, 3.63) is 24.3 Å². The van der Waals surface area contributed by atoms with Crippen LogP contribution in [0.3, 0.4) is 0 Å². The largest absolute Gasteiger partial charge is 0.550 e. The summed E-state index contributed by atoms with van der Waals surface area (Å²) in [5, 5.41) is 21.8. The van der Waals surface area contributed by atoms with E-state index < -0.39 is 27.0 Å². The Morgan fingerprint density at radius 2 is 1.45 bits per heavy atom. The third-order valence-corrected chi connectivity index (χ3v) is 3.01. The minimum Gasteiger partial charge on any atom is -0.550 e. The van der Waals surface area contributed by atoms with Crippen LogP contribution in [0.5, 0.6) is 0 Å². The smallest absolute Gasteiger partial charge is 0.125 e. The number of hydrogen-bond acceptors (Lipinski definition) is 4. The van der Waals surface area contributed by atoms with E-state index in [4.69, 9.17) is 46.4 Å². The van der Waals surface area contributed by atoms with Crippen LogP contribution in [0, 0.1) is 5.41 Å². The Labute approximate surface area is 136 Å². The van der Waals surface area contributed by atoms with Gasteiger partial charge < -0.3 is 19.8 Å². The van der Waals surface area contributed by atoms with E-state index in [-0.39, 0.29) is 19.3 Å². The number of alkyl halides is 4. The summed E-state index contributed by atoms with van der Waals surface area (Å²) in [6.45, 7) is 0. The van der Waals surface area contributed by atoms with Crippen LogP contribution in [0.1, 0.15) is 19.3 Å². The molecule has 0 saturated carbocycles. The van der Waals surface area contributed by atoms with Gasteiger partial charge in [0, 0.05) is 11.4 Å². The fourth-order valence-corrected chi connectivity index (χ4v) is 1.77. The first-order chi connectivity index (χ1) is 9.19. The first kappa shape index (κ1) is 19.6. The van der Waals surface area contributed by atoms with Crippen LogP contribution in [-0.4, -0.2) is 21.6 Å². The van der Waals surface area contributed by atoms with Crippen molar-refractivity contribution in [2.24, 2.45) is 5.41 Å². The molecule has 0 aromatic carbocycles. The van der Waals surface area contributed by atoms with Crippen molar-refractivity contribution >= 4 is 58.3 Å². The molecule has 0 radical (unpaired) electrons. The van der Waals surface area contributed by atoms with Crippen molar-refractivity contribution in [3.63, 3.8) is 0 Å². The zero-order valence-corrected chi connectivity index (χ0v) is 13.3. The van der Waals surface area contributed by atoms with Gasteiger partial charge >= 0.3 is 0 Å². The van der Waals surface area contributed by atoms with Crippen molar-refractivity contribution in [1.82, 2.24) is 0 Å². The second-order valence-electron chi connectivity index (χ2n) is 3.94. The predicted molar refractivity (Wildman–Crippen MR) is 75.6 cm³/mol. The van der Waals surface area contributed by atoms with Crippen molar-refractivity contribution < 1.29 is 19.8 Å². The monoisotopic (exact) mass is 360 g/mol. The quantitative estimate of drug-likeness (QED) is 0.458. The molecule has 0 amide bonds. The lowest BCUT2D eigenvalue weighted by Gasteiger charge is -2.29. The normalized spacial score (nSPS) is 12.9. The summed E-state index contributed by atoms with van der Waals surface area (Å²) in [5.74, 6) is -2.71. The number of allylic oxidation sites excluding steroid dienone is 2. The van der Waals surface area contributed by atoms with Crippen LogP contribution >= 0.6 is 46.4 Å². The molecular weight excluding hydrogens is 350 g/mol. The highest BCUT2D eigenvalue weighted by Crippen LogP contribution is 2.30. The van der Waals surface area contributed by atoms with Gasteiger partial charge in [-0.3, -0.25) is 0 Å². The van der Waals surface area contributed by atoms with Gasteiger partial charge in [0.05, 0.1) is 5.97 Å². The molecule has 0 bridgehead atoms. The van der Waals surface area contributed by atoms with Gasteiger partial charge in [0.2, 0.25) is 0 Å². The molecule has 0 rings (SSSR count). The third-order valence-electron chi connectivity index (χ3n) is 2.43. The van der Waals surface area contributed by atoms with Gasteiger partial charge in [0.25, 0.3) is 0 Å². The number of rotatable bonds is 9. The molecular formula is C12H12Cl4O4-2. The molecule has 0 aromatic rings. The lowest BCUT2D eigenvalue weighted by molar-refractivity contribution is -0.315.